The van der Waals surface area contributed by atoms with Crippen LogP contribution in [-0.2, 0) is 6.42 Å². The molecule has 94 valence electrons. The van der Waals surface area contributed by atoms with E-state index < -0.39 is 22.9 Å². The van der Waals surface area contributed by atoms with E-state index in [9.17, 15) is 14.7 Å². The Bertz CT molecular complexity index is 669. The van der Waals surface area contributed by atoms with Crippen LogP contribution < -0.4 is 5.43 Å². The van der Waals surface area contributed by atoms with Crippen LogP contribution in [0, 0.1) is 0 Å². The fraction of sp³-hybridized carbons (Fsp3) is 0.231. The molecule has 5 nitrogen and oxygen atoms in total. The number of benzene rings is 1. The molecule has 0 aliphatic heterocycles. The first-order valence-corrected chi connectivity index (χ1v) is 5.57. The van der Waals surface area contributed by atoms with Gasteiger partial charge in [-0.25, -0.2) is 4.79 Å². The van der Waals surface area contributed by atoms with Gasteiger partial charge in [0.25, 0.3) is 5.76 Å². The van der Waals surface area contributed by atoms with Gasteiger partial charge in [-0.3, -0.25) is 4.79 Å². The van der Waals surface area contributed by atoms with Gasteiger partial charge in [-0.05, 0) is 18.1 Å². The Morgan fingerprint density at radius 2 is 2.11 bits per heavy atom. The monoisotopic (exact) mass is 248 g/mol. The summed E-state index contributed by atoms with van der Waals surface area (Å²) in [6.45, 7) is 1.97. The second kappa shape index (κ2) is 4.52. The number of fused-ring (bicyclic) bond motifs is 1. The molecular formula is C13H12O5. The fourth-order valence-electron chi connectivity index (χ4n) is 1.88. The molecule has 0 saturated heterocycles. The maximum absolute atomic E-state index is 11.8. The van der Waals surface area contributed by atoms with Crippen LogP contribution in [0.15, 0.2) is 27.4 Å². The molecule has 0 bridgehead atoms. The normalized spacial score (nSPS) is 10.7. The molecule has 0 saturated carbocycles. The Balaban J connectivity index is 2.87. The summed E-state index contributed by atoms with van der Waals surface area (Å²) >= 11 is 0. The third kappa shape index (κ3) is 1.84. The van der Waals surface area contributed by atoms with Crippen molar-refractivity contribution in [1.82, 2.24) is 0 Å². The lowest BCUT2D eigenvalue weighted by Gasteiger charge is -2.06. The highest BCUT2D eigenvalue weighted by molar-refractivity contribution is 5.91. The molecule has 0 radical (unpaired) electrons. The summed E-state index contributed by atoms with van der Waals surface area (Å²) in [7, 11) is 0. The molecule has 2 rings (SSSR count). The van der Waals surface area contributed by atoms with Crippen LogP contribution in [-0.4, -0.2) is 16.2 Å². The number of hydrogen-bond acceptors (Lipinski definition) is 4. The molecule has 5 heteroatoms. The highest BCUT2D eigenvalue weighted by atomic mass is 16.4. The standard InChI is InChI=1S/C13H12O5/c1-2-4-7-5-3-6-8-9(14)10(15)12(13(16)17)18-11(7)8/h3,5-6,15H,2,4H2,1H3,(H,16,17). The van der Waals surface area contributed by atoms with Gasteiger partial charge in [0.2, 0.25) is 11.2 Å². The molecule has 0 spiro atoms. The number of carbonyl (C=O) groups is 1. The van der Waals surface area contributed by atoms with Gasteiger partial charge in [-0.2, -0.15) is 0 Å². The van der Waals surface area contributed by atoms with Crippen molar-refractivity contribution >= 4 is 16.9 Å². The lowest BCUT2D eigenvalue weighted by molar-refractivity contribution is 0.0657. The van der Waals surface area contributed by atoms with E-state index in [-0.39, 0.29) is 11.0 Å². The number of carboxylic acids is 1. The van der Waals surface area contributed by atoms with Crippen molar-refractivity contribution in [3.8, 4) is 5.75 Å². The van der Waals surface area contributed by atoms with Crippen LogP contribution in [0.25, 0.3) is 11.0 Å². The summed E-state index contributed by atoms with van der Waals surface area (Å²) in [6, 6.07) is 4.97. The fourth-order valence-corrected chi connectivity index (χ4v) is 1.88. The van der Waals surface area contributed by atoms with Crippen molar-refractivity contribution in [2.45, 2.75) is 19.8 Å². The molecule has 0 aliphatic carbocycles. The Morgan fingerprint density at radius 3 is 2.72 bits per heavy atom. The van der Waals surface area contributed by atoms with E-state index in [2.05, 4.69) is 0 Å². The van der Waals surface area contributed by atoms with Crippen LogP contribution in [0.2, 0.25) is 0 Å². The molecule has 1 aromatic heterocycles. The van der Waals surface area contributed by atoms with Crippen LogP contribution in [0.4, 0.5) is 0 Å². The average Bonchev–Trinajstić information content (AvgIpc) is 2.34. The molecule has 1 aromatic carbocycles. The van der Waals surface area contributed by atoms with E-state index >= 15 is 0 Å². The zero-order chi connectivity index (χ0) is 13.3. The second-order valence-electron chi connectivity index (χ2n) is 3.96. The summed E-state index contributed by atoms with van der Waals surface area (Å²) in [6.07, 6.45) is 1.51. The number of rotatable bonds is 3. The van der Waals surface area contributed by atoms with Crippen LogP contribution in [0.5, 0.6) is 5.75 Å². The molecule has 2 N–H and O–H groups in total. The summed E-state index contributed by atoms with van der Waals surface area (Å²) in [5.41, 5.74) is 0.278. The Morgan fingerprint density at radius 1 is 1.39 bits per heavy atom. The number of aryl methyl sites for hydroxylation is 1. The minimum absolute atomic E-state index is 0.198. The van der Waals surface area contributed by atoms with E-state index in [4.69, 9.17) is 9.52 Å². The van der Waals surface area contributed by atoms with Gasteiger partial charge in [0, 0.05) is 0 Å². The lowest BCUT2D eigenvalue weighted by atomic mass is 10.1. The van der Waals surface area contributed by atoms with E-state index in [1.807, 2.05) is 6.92 Å². The highest BCUT2D eigenvalue weighted by Gasteiger charge is 2.20. The minimum Gasteiger partial charge on any atom is -0.501 e. The van der Waals surface area contributed by atoms with Crippen molar-refractivity contribution in [3.63, 3.8) is 0 Å². The van der Waals surface area contributed by atoms with Gasteiger partial charge in [-0.1, -0.05) is 25.5 Å². The predicted octanol–water partition coefficient (Wildman–Crippen LogP) is 2.15. The molecule has 1 heterocycles. The third-order valence-electron chi connectivity index (χ3n) is 2.69. The van der Waals surface area contributed by atoms with E-state index in [0.29, 0.717) is 6.42 Å². The zero-order valence-corrected chi connectivity index (χ0v) is 9.77. The van der Waals surface area contributed by atoms with Crippen molar-refractivity contribution in [1.29, 1.82) is 0 Å². The number of aromatic carboxylic acids is 1. The molecule has 0 fully saturated rings. The van der Waals surface area contributed by atoms with Crippen molar-refractivity contribution in [2.75, 3.05) is 0 Å². The topological polar surface area (TPSA) is 87.7 Å². The van der Waals surface area contributed by atoms with Gasteiger partial charge in [-0.15, -0.1) is 0 Å². The van der Waals surface area contributed by atoms with Crippen molar-refractivity contribution < 1.29 is 19.4 Å². The Kier molecular flexibility index (Phi) is 3.06. The second-order valence-corrected chi connectivity index (χ2v) is 3.96. The van der Waals surface area contributed by atoms with Crippen molar-refractivity contribution in [2.24, 2.45) is 0 Å². The van der Waals surface area contributed by atoms with Gasteiger partial charge in [0.15, 0.2) is 0 Å². The maximum Gasteiger partial charge on any atom is 0.375 e. The van der Waals surface area contributed by atoms with Crippen molar-refractivity contribution in [3.05, 3.63) is 39.7 Å². The summed E-state index contributed by atoms with van der Waals surface area (Å²) < 4.78 is 5.17. The molecule has 0 aliphatic rings. The Labute approximate surface area is 102 Å². The van der Waals surface area contributed by atoms with Crippen LogP contribution >= 0.6 is 0 Å². The van der Waals surface area contributed by atoms with E-state index in [0.717, 1.165) is 12.0 Å². The predicted molar refractivity (Wildman–Crippen MR) is 65.1 cm³/mol. The highest BCUT2D eigenvalue weighted by Crippen LogP contribution is 2.23. The zero-order valence-electron chi connectivity index (χ0n) is 9.77. The summed E-state index contributed by atoms with van der Waals surface area (Å²) in [5, 5.41) is 18.6. The first-order chi connectivity index (χ1) is 8.56. The SMILES string of the molecule is CCCc1cccc2c(=O)c(O)c(C(=O)O)oc12. The van der Waals surface area contributed by atoms with E-state index in [1.54, 1.807) is 12.1 Å². The molecule has 0 atom stereocenters. The van der Waals surface area contributed by atoms with Gasteiger partial charge in [0.05, 0.1) is 5.39 Å². The molecule has 0 unspecified atom stereocenters. The molecule has 2 aromatic rings. The van der Waals surface area contributed by atoms with Gasteiger partial charge in [0.1, 0.15) is 5.58 Å². The summed E-state index contributed by atoms with van der Waals surface area (Å²) in [5.74, 6) is -3.03. The number of carboxylic acid groups (broad SMARTS) is 1. The quantitative estimate of drug-likeness (QED) is 0.868. The number of aromatic hydroxyl groups is 1. The van der Waals surface area contributed by atoms with Crippen LogP contribution in [0.3, 0.4) is 0 Å². The largest absolute Gasteiger partial charge is 0.501 e. The average molecular weight is 248 g/mol. The number of para-hydroxylation sites is 1. The summed E-state index contributed by atoms with van der Waals surface area (Å²) in [4.78, 5) is 22.7. The first-order valence-electron chi connectivity index (χ1n) is 5.57. The van der Waals surface area contributed by atoms with Gasteiger partial charge >= 0.3 is 5.97 Å². The maximum atomic E-state index is 11.8. The molecule has 0 amide bonds. The third-order valence-corrected chi connectivity index (χ3v) is 2.69. The Hall–Kier alpha value is -2.30. The van der Waals surface area contributed by atoms with E-state index in [1.165, 1.54) is 6.07 Å². The smallest absolute Gasteiger partial charge is 0.375 e. The minimum atomic E-state index is -1.46. The van der Waals surface area contributed by atoms with Crippen LogP contribution in [0.1, 0.15) is 29.5 Å². The molecule has 18 heavy (non-hydrogen) atoms. The number of hydrogen-bond donors (Lipinski definition) is 2. The van der Waals surface area contributed by atoms with Gasteiger partial charge < -0.3 is 14.6 Å². The lowest BCUT2D eigenvalue weighted by Crippen LogP contribution is -2.09. The molecular weight excluding hydrogens is 236 g/mol. The first kappa shape index (κ1) is 12.2.